The standard InChI is InChI=1S/C23H26F3N3O2S/c24-23(25,26)19-5-3-17(4-6-19)21(30)28-9-7-18(8-10-28)22(31)29-13-11-27(12-14-29)16-20-2-1-15-32-20/h1-6,15,18H,7-14,16H2. The predicted octanol–water partition coefficient (Wildman–Crippen LogP) is 3.96. The largest absolute Gasteiger partial charge is 0.416 e. The number of likely N-dealkylation sites (tertiary alicyclic amines) is 1. The van der Waals surface area contributed by atoms with Crippen LogP contribution in [-0.4, -0.2) is 65.8 Å². The van der Waals surface area contributed by atoms with Crippen molar-refractivity contribution in [1.82, 2.24) is 14.7 Å². The first kappa shape index (κ1) is 22.8. The third-order valence-corrected chi connectivity index (χ3v) is 7.10. The van der Waals surface area contributed by atoms with Crippen LogP contribution in [0, 0.1) is 5.92 Å². The molecule has 0 N–H and O–H groups in total. The number of hydrogen-bond acceptors (Lipinski definition) is 4. The van der Waals surface area contributed by atoms with E-state index in [1.165, 1.54) is 17.0 Å². The van der Waals surface area contributed by atoms with Gasteiger partial charge in [-0.2, -0.15) is 13.2 Å². The number of alkyl halides is 3. The van der Waals surface area contributed by atoms with Gasteiger partial charge in [-0.05, 0) is 48.6 Å². The molecule has 172 valence electrons. The Hall–Kier alpha value is -2.39. The van der Waals surface area contributed by atoms with Crippen LogP contribution in [0.1, 0.15) is 33.6 Å². The summed E-state index contributed by atoms with van der Waals surface area (Å²) in [5.74, 6) is -0.232. The molecule has 0 bridgehead atoms. The van der Waals surface area contributed by atoms with Crippen molar-refractivity contribution in [2.24, 2.45) is 5.92 Å². The molecule has 32 heavy (non-hydrogen) atoms. The van der Waals surface area contributed by atoms with Crippen LogP contribution < -0.4 is 0 Å². The van der Waals surface area contributed by atoms with Gasteiger partial charge in [0.05, 0.1) is 5.56 Å². The van der Waals surface area contributed by atoms with Gasteiger partial charge in [0.1, 0.15) is 0 Å². The van der Waals surface area contributed by atoms with Crippen LogP contribution in [-0.2, 0) is 17.5 Å². The second kappa shape index (κ2) is 9.62. The van der Waals surface area contributed by atoms with Crippen molar-refractivity contribution >= 4 is 23.2 Å². The van der Waals surface area contributed by atoms with Gasteiger partial charge in [0.2, 0.25) is 5.91 Å². The predicted molar refractivity (Wildman–Crippen MR) is 116 cm³/mol. The number of carbonyl (C=O) groups is 2. The average Bonchev–Trinajstić information content (AvgIpc) is 3.31. The van der Waals surface area contributed by atoms with Gasteiger partial charge in [-0.1, -0.05) is 6.07 Å². The fourth-order valence-electron chi connectivity index (χ4n) is 4.32. The third-order valence-electron chi connectivity index (χ3n) is 6.23. The number of rotatable bonds is 4. The van der Waals surface area contributed by atoms with Gasteiger partial charge < -0.3 is 9.80 Å². The van der Waals surface area contributed by atoms with Crippen molar-refractivity contribution in [3.63, 3.8) is 0 Å². The summed E-state index contributed by atoms with van der Waals surface area (Å²) >= 11 is 1.74. The van der Waals surface area contributed by atoms with E-state index in [0.717, 1.165) is 44.9 Å². The molecule has 0 saturated carbocycles. The number of nitrogens with zero attached hydrogens (tertiary/aromatic N) is 3. The number of carbonyl (C=O) groups excluding carboxylic acids is 2. The molecule has 2 fully saturated rings. The van der Waals surface area contributed by atoms with Crippen molar-refractivity contribution in [2.45, 2.75) is 25.6 Å². The molecule has 0 unspecified atom stereocenters. The summed E-state index contributed by atoms with van der Waals surface area (Å²) in [6.07, 6.45) is -3.25. The van der Waals surface area contributed by atoms with Crippen LogP contribution in [0.15, 0.2) is 41.8 Å². The Bertz CT molecular complexity index is 915. The van der Waals surface area contributed by atoms with E-state index >= 15 is 0 Å². The van der Waals surface area contributed by atoms with Crippen molar-refractivity contribution < 1.29 is 22.8 Å². The minimum absolute atomic E-state index is 0.101. The number of thiophene rings is 1. The minimum Gasteiger partial charge on any atom is -0.340 e. The quantitative estimate of drug-likeness (QED) is 0.687. The summed E-state index contributed by atoms with van der Waals surface area (Å²) < 4.78 is 38.2. The molecular weight excluding hydrogens is 439 g/mol. The summed E-state index contributed by atoms with van der Waals surface area (Å²) in [5, 5.41) is 2.07. The van der Waals surface area contributed by atoms with E-state index in [1.54, 1.807) is 16.2 Å². The topological polar surface area (TPSA) is 43.9 Å². The molecule has 2 aliphatic heterocycles. The lowest BCUT2D eigenvalue weighted by atomic mass is 9.94. The van der Waals surface area contributed by atoms with Crippen molar-refractivity contribution in [1.29, 1.82) is 0 Å². The summed E-state index contributed by atoms with van der Waals surface area (Å²) in [4.78, 5) is 32.9. The molecule has 1 aromatic carbocycles. The Morgan fingerprint density at radius 1 is 0.906 bits per heavy atom. The van der Waals surface area contributed by atoms with Gasteiger partial charge in [0.15, 0.2) is 0 Å². The monoisotopic (exact) mass is 465 g/mol. The molecule has 3 heterocycles. The van der Waals surface area contributed by atoms with Gasteiger partial charge in [0, 0.05) is 62.2 Å². The molecule has 0 radical (unpaired) electrons. The Labute approximate surface area is 189 Å². The smallest absolute Gasteiger partial charge is 0.340 e. The van der Waals surface area contributed by atoms with Crippen LogP contribution in [0.25, 0.3) is 0 Å². The summed E-state index contributed by atoms with van der Waals surface area (Å²) in [7, 11) is 0. The Morgan fingerprint density at radius 3 is 2.12 bits per heavy atom. The highest BCUT2D eigenvalue weighted by Gasteiger charge is 2.33. The van der Waals surface area contributed by atoms with Crippen LogP contribution >= 0.6 is 11.3 Å². The highest BCUT2D eigenvalue weighted by atomic mass is 32.1. The number of hydrogen-bond donors (Lipinski definition) is 0. The van der Waals surface area contributed by atoms with Gasteiger partial charge in [-0.15, -0.1) is 11.3 Å². The van der Waals surface area contributed by atoms with E-state index in [1.807, 2.05) is 4.90 Å². The fraction of sp³-hybridized carbons (Fsp3) is 0.478. The summed E-state index contributed by atoms with van der Waals surface area (Å²) in [6.45, 7) is 4.95. The van der Waals surface area contributed by atoms with Crippen molar-refractivity contribution in [3.05, 3.63) is 57.8 Å². The van der Waals surface area contributed by atoms with Crippen LogP contribution in [0.5, 0.6) is 0 Å². The van der Waals surface area contributed by atoms with Crippen molar-refractivity contribution in [2.75, 3.05) is 39.3 Å². The van der Waals surface area contributed by atoms with E-state index < -0.39 is 11.7 Å². The first-order chi connectivity index (χ1) is 15.3. The summed E-state index contributed by atoms with van der Waals surface area (Å²) in [5.41, 5.74) is -0.529. The molecule has 2 saturated heterocycles. The zero-order valence-corrected chi connectivity index (χ0v) is 18.5. The Balaban J connectivity index is 1.24. The first-order valence-electron chi connectivity index (χ1n) is 10.8. The molecule has 9 heteroatoms. The zero-order chi connectivity index (χ0) is 22.7. The molecule has 5 nitrogen and oxygen atoms in total. The van der Waals surface area contributed by atoms with Crippen molar-refractivity contribution in [3.8, 4) is 0 Å². The zero-order valence-electron chi connectivity index (χ0n) is 17.7. The molecular formula is C23H26F3N3O2S. The van der Waals surface area contributed by atoms with E-state index in [9.17, 15) is 22.8 Å². The molecule has 0 atom stereocenters. The van der Waals surface area contributed by atoms with E-state index in [2.05, 4.69) is 22.4 Å². The normalized spacial score (nSPS) is 18.7. The molecule has 2 amide bonds. The molecule has 0 spiro atoms. The number of piperazine rings is 1. The van der Waals surface area contributed by atoms with Crippen LogP contribution in [0.3, 0.4) is 0 Å². The number of amides is 2. The fourth-order valence-corrected chi connectivity index (χ4v) is 5.07. The molecule has 0 aliphatic carbocycles. The van der Waals surface area contributed by atoms with Crippen LogP contribution in [0.2, 0.25) is 0 Å². The number of halogens is 3. The molecule has 2 aromatic rings. The lowest BCUT2D eigenvalue weighted by Crippen LogP contribution is -2.51. The average molecular weight is 466 g/mol. The molecule has 4 rings (SSSR count). The second-order valence-electron chi connectivity index (χ2n) is 8.32. The maximum atomic E-state index is 13.0. The van der Waals surface area contributed by atoms with E-state index in [4.69, 9.17) is 0 Å². The maximum absolute atomic E-state index is 13.0. The van der Waals surface area contributed by atoms with Gasteiger partial charge in [-0.3, -0.25) is 14.5 Å². The Morgan fingerprint density at radius 2 is 1.56 bits per heavy atom. The first-order valence-corrected chi connectivity index (χ1v) is 11.7. The van der Waals surface area contributed by atoms with Gasteiger partial charge >= 0.3 is 6.18 Å². The Kier molecular flexibility index (Phi) is 6.85. The second-order valence-corrected chi connectivity index (χ2v) is 9.35. The molecule has 2 aliphatic rings. The highest BCUT2D eigenvalue weighted by Crippen LogP contribution is 2.29. The summed E-state index contributed by atoms with van der Waals surface area (Å²) in [6, 6.07) is 8.48. The van der Waals surface area contributed by atoms with Gasteiger partial charge in [-0.25, -0.2) is 0 Å². The lowest BCUT2D eigenvalue weighted by Gasteiger charge is -2.38. The number of benzene rings is 1. The van der Waals surface area contributed by atoms with Gasteiger partial charge in [0.25, 0.3) is 5.91 Å². The third kappa shape index (κ3) is 5.32. The highest BCUT2D eigenvalue weighted by molar-refractivity contribution is 7.09. The lowest BCUT2D eigenvalue weighted by molar-refractivity contribution is -0.139. The SMILES string of the molecule is O=C(c1ccc(C(F)(F)F)cc1)N1CCC(C(=O)N2CCN(Cc3cccs3)CC2)CC1. The van der Waals surface area contributed by atoms with Crippen LogP contribution in [0.4, 0.5) is 13.2 Å². The number of piperidine rings is 1. The molecule has 1 aromatic heterocycles. The van der Waals surface area contributed by atoms with E-state index in [-0.39, 0.29) is 23.3 Å². The van der Waals surface area contributed by atoms with E-state index in [0.29, 0.717) is 25.9 Å². The maximum Gasteiger partial charge on any atom is 0.416 e. The minimum atomic E-state index is -4.42.